The summed E-state index contributed by atoms with van der Waals surface area (Å²) in [7, 11) is 0. The van der Waals surface area contributed by atoms with Gasteiger partial charge in [0.05, 0.1) is 12.7 Å². The van der Waals surface area contributed by atoms with E-state index >= 15 is 0 Å². The lowest BCUT2D eigenvalue weighted by molar-refractivity contribution is 0.0957. The smallest absolute Gasteiger partial charge is 0.262 e. The number of nitrogens with one attached hydrogen (secondary N) is 2. The van der Waals surface area contributed by atoms with Crippen molar-refractivity contribution >= 4 is 17.2 Å². The molecule has 0 saturated heterocycles. The van der Waals surface area contributed by atoms with E-state index in [-0.39, 0.29) is 5.91 Å². The summed E-state index contributed by atoms with van der Waals surface area (Å²) in [5, 5.41) is 11.7. The highest BCUT2D eigenvalue weighted by Crippen LogP contribution is 2.15. The van der Waals surface area contributed by atoms with E-state index in [4.69, 9.17) is 5.73 Å². The number of aromatic nitrogens is 2. The van der Waals surface area contributed by atoms with Crippen LogP contribution >= 0.6 is 11.3 Å². The van der Waals surface area contributed by atoms with Crippen molar-refractivity contribution in [2.75, 3.05) is 13.1 Å². The second-order valence-corrected chi connectivity index (χ2v) is 5.47. The number of hydrogen-bond acceptors (Lipinski definition) is 4. The third kappa shape index (κ3) is 4.18. The van der Waals surface area contributed by atoms with Crippen LogP contribution < -0.4 is 11.1 Å². The van der Waals surface area contributed by atoms with Crippen molar-refractivity contribution in [3.8, 4) is 11.8 Å². The molecule has 1 amide bonds. The van der Waals surface area contributed by atoms with Gasteiger partial charge in [0, 0.05) is 17.8 Å². The minimum atomic E-state index is -0.0739. The molecule has 0 unspecified atom stereocenters. The van der Waals surface area contributed by atoms with Crippen molar-refractivity contribution in [1.82, 2.24) is 15.5 Å². The summed E-state index contributed by atoms with van der Waals surface area (Å²) in [6.07, 6.45) is 3.60. The van der Waals surface area contributed by atoms with Crippen LogP contribution in [0.5, 0.6) is 0 Å². The fourth-order valence-electron chi connectivity index (χ4n) is 1.92. The van der Waals surface area contributed by atoms with Gasteiger partial charge in [-0.2, -0.15) is 5.10 Å². The monoisotopic (exact) mass is 302 g/mol. The normalized spacial score (nSPS) is 10.0. The Morgan fingerprint density at radius 2 is 2.43 bits per heavy atom. The predicted molar refractivity (Wildman–Crippen MR) is 84.2 cm³/mol. The number of nitrogens with zero attached hydrogens (tertiary/aromatic N) is 1. The second-order valence-electron chi connectivity index (χ2n) is 4.55. The highest BCUT2D eigenvalue weighted by atomic mass is 32.1. The Morgan fingerprint density at radius 3 is 3.14 bits per heavy atom. The van der Waals surface area contributed by atoms with Crippen LogP contribution in [0, 0.1) is 18.8 Å². The molecular formula is C15H18N4OS. The molecular weight excluding hydrogens is 284 g/mol. The molecule has 2 aromatic rings. The summed E-state index contributed by atoms with van der Waals surface area (Å²) in [6.45, 7) is 2.92. The Bertz CT molecular complexity index is 663. The van der Waals surface area contributed by atoms with Crippen LogP contribution in [0.25, 0.3) is 0 Å². The zero-order valence-electron chi connectivity index (χ0n) is 11.9. The third-order valence-electron chi connectivity index (χ3n) is 3.04. The number of carbonyl (C=O) groups is 1. The van der Waals surface area contributed by atoms with Gasteiger partial charge in [0.1, 0.15) is 4.88 Å². The Hall–Kier alpha value is -2.10. The van der Waals surface area contributed by atoms with Crippen molar-refractivity contribution < 1.29 is 4.79 Å². The number of thiophene rings is 1. The Kier molecular flexibility index (Phi) is 5.55. The highest BCUT2D eigenvalue weighted by Gasteiger charge is 2.11. The van der Waals surface area contributed by atoms with E-state index in [2.05, 4.69) is 27.4 Å². The molecule has 0 atom stereocenters. The zero-order chi connectivity index (χ0) is 15.1. The molecule has 110 valence electrons. The molecule has 0 fully saturated rings. The second kappa shape index (κ2) is 7.62. The molecule has 0 aromatic carbocycles. The quantitative estimate of drug-likeness (QED) is 0.577. The number of amides is 1. The van der Waals surface area contributed by atoms with Gasteiger partial charge < -0.3 is 11.1 Å². The molecule has 2 rings (SSSR count). The maximum absolute atomic E-state index is 12.1. The molecule has 5 nitrogen and oxygen atoms in total. The van der Waals surface area contributed by atoms with Crippen LogP contribution in [-0.4, -0.2) is 29.2 Å². The first-order valence-corrected chi connectivity index (χ1v) is 7.64. The van der Waals surface area contributed by atoms with E-state index in [9.17, 15) is 4.79 Å². The fourth-order valence-corrected chi connectivity index (χ4v) is 2.68. The Morgan fingerprint density at radius 1 is 1.57 bits per heavy atom. The van der Waals surface area contributed by atoms with Crippen LogP contribution in [0.15, 0.2) is 17.6 Å². The summed E-state index contributed by atoms with van der Waals surface area (Å²) in [6, 6.07) is 1.84. The number of aromatic amines is 1. The standard InChI is InChI=1S/C15H18N4OS/c1-11-13(10-18-19-11)5-3-8-17-15(20)14-12(4-2-7-16)6-9-21-14/h6,9-10H,3,5,7-8,16H2,1H3,(H,17,20)(H,18,19). The zero-order valence-corrected chi connectivity index (χ0v) is 12.7. The van der Waals surface area contributed by atoms with Crippen LogP contribution in [0.3, 0.4) is 0 Å². The third-order valence-corrected chi connectivity index (χ3v) is 3.95. The maximum atomic E-state index is 12.1. The van der Waals surface area contributed by atoms with Crippen molar-refractivity contribution in [2.45, 2.75) is 19.8 Å². The average molecular weight is 302 g/mol. The lowest BCUT2D eigenvalue weighted by atomic mass is 10.1. The molecule has 0 radical (unpaired) electrons. The van der Waals surface area contributed by atoms with E-state index < -0.39 is 0 Å². The number of hydrogen-bond donors (Lipinski definition) is 3. The van der Waals surface area contributed by atoms with Crippen LogP contribution in [0.2, 0.25) is 0 Å². The SMILES string of the molecule is Cc1[nH]ncc1CCCNC(=O)c1sccc1C#CCN. The predicted octanol–water partition coefficient (Wildman–Crippen LogP) is 1.45. The number of rotatable bonds is 5. The first kappa shape index (κ1) is 15.3. The van der Waals surface area contributed by atoms with Crippen LogP contribution in [0.4, 0.5) is 0 Å². The van der Waals surface area contributed by atoms with Gasteiger partial charge in [0.25, 0.3) is 5.91 Å². The van der Waals surface area contributed by atoms with Gasteiger partial charge in [-0.3, -0.25) is 9.89 Å². The minimum Gasteiger partial charge on any atom is -0.351 e. The summed E-state index contributed by atoms with van der Waals surface area (Å²) >= 11 is 1.40. The Labute approximate surface area is 127 Å². The molecule has 21 heavy (non-hydrogen) atoms. The van der Waals surface area contributed by atoms with Crippen molar-refractivity contribution in [2.24, 2.45) is 5.73 Å². The maximum Gasteiger partial charge on any atom is 0.262 e. The topological polar surface area (TPSA) is 83.8 Å². The molecule has 0 spiro atoms. The summed E-state index contributed by atoms with van der Waals surface area (Å²) in [5.41, 5.74) is 8.37. The molecule has 2 aromatic heterocycles. The van der Waals surface area contributed by atoms with E-state index in [1.54, 1.807) is 0 Å². The van der Waals surface area contributed by atoms with Gasteiger partial charge in [-0.05, 0) is 36.8 Å². The molecule has 0 aliphatic carbocycles. The summed E-state index contributed by atoms with van der Waals surface area (Å²) < 4.78 is 0. The first-order valence-electron chi connectivity index (χ1n) is 6.76. The number of H-pyrrole nitrogens is 1. The van der Waals surface area contributed by atoms with Crippen molar-refractivity contribution in [3.05, 3.63) is 39.3 Å². The number of carbonyl (C=O) groups excluding carboxylic acids is 1. The lowest BCUT2D eigenvalue weighted by Crippen LogP contribution is -2.24. The molecule has 6 heteroatoms. The van der Waals surface area contributed by atoms with Crippen molar-refractivity contribution in [1.29, 1.82) is 0 Å². The number of aryl methyl sites for hydroxylation is 2. The molecule has 0 bridgehead atoms. The van der Waals surface area contributed by atoms with Gasteiger partial charge in [0.15, 0.2) is 0 Å². The van der Waals surface area contributed by atoms with Gasteiger partial charge in [-0.1, -0.05) is 11.8 Å². The lowest BCUT2D eigenvalue weighted by Gasteiger charge is -2.04. The van der Waals surface area contributed by atoms with Gasteiger partial charge >= 0.3 is 0 Å². The van der Waals surface area contributed by atoms with Crippen molar-refractivity contribution in [3.63, 3.8) is 0 Å². The molecule has 4 N–H and O–H groups in total. The van der Waals surface area contributed by atoms with E-state index in [0.29, 0.717) is 18.0 Å². The van der Waals surface area contributed by atoms with Gasteiger partial charge in [-0.25, -0.2) is 0 Å². The largest absolute Gasteiger partial charge is 0.351 e. The molecule has 2 heterocycles. The Balaban J connectivity index is 1.82. The molecule has 0 aliphatic rings. The summed E-state index contributed by atoms with van der Waals surface area (Å²) in [5.74, 6) is 5.61. The average Bonchev–Trinajstić information content (AvgIpc) is 3.10. The minimum absolute atomic E-state index is 0.0739. The highest BCUT2D eigenvalue weighted by molar-refractivity contribution is 7.12. The number of nitrogens with two attached hydrogens (primary N) is 1. The van der Waals surface area contributed by atoms with E-state index in [1.165, 1.54) is 16.9 Å². The molecule has 0 saturated carbocycles. The van der Waals surface area contributed by atoms with Crippen LogP contribution in [-0.2, 0) is 6.42 Å². The summed E-state index contributed by atoms with van der Waals surface area (Å²) in [4.78, 5) is 12.7. The van der Waals surface area contributed by atoms with Gasteiger partial charge in [-0.15, -0.1) is 11.3 Å². The van der Waals surface area contributed by atoms with E-state index in [1.807, 2.05) is 24.6 Å². The first-order chi connectivity index (χ1) is 10.2. The van der Waals surface area contributed by atoms with Crippen LogP contribution in [0.1, 0.15) is 32.9 Å². The van der Waals surface area contributed by atoms with E-state index in [0.717, 1.165) is 24.1 Å². The molecule has 0 aliphatic heterocycles. The fraction of sp³-hybridized carbons (Fsp3) is 0.333. The van der Waals surface area contributed by atoms with Gasteiger partial charge in [0.2, 0.25) is 0 Å².